The summed E-state index contributed by atoms with van der Waals surface area (Å²) in [5.74, 6) is 2.48. The molecule has 1 fully saturated rings. The number of rotatable bonds is 8. The highest BCUT2D eigenvalue weighted by atomic mass is 14.9. The molecule has 0 atom stereocenters. The molecule has 1 heterocycles. The highest BCUT2D eigenvalue weighted by Crippen LogP contribution is 2.37. The molecule has 0 bridgehead atoms. The Morgan fingerprint density at radius 2 is 1.54 bits per heavy atom. The zero-order chi connectivity index (χ0) is 18.2. The van der Waals surface area contributed by atoms with Crippen LogP contribution in [0.5, 0.6) is 0 Å². The lowest BCUT2D eigenvalue weighted by Crippen LogP contribution is -2.14. The van der Waals surface area contributed by atoms with Crippen LogP contribution in [0.1, 0.15) is 88.7 Å². The van der Waals surface area contributed by atoms with Crippen LogP contribution in [0.25, 0.3) is 11.4 Å². The van der Waals surface area contributed by atoms with E-state index in [0.29, 0.717) is 5.92 Å². The summed E-state index contributed by atoms with van der Waals surface area (Å²) >= 11 is 0. The summed E-state index contributed by atoms with van der Waals surface area (Å²) in [4.78, 5) is 9.34. The van der Waals surface area contributed by atoms with Gasteiger partial charge >= 0.3 is 0 Å². The van der Waals surface area contributed by atoms with Crippen LogP contribution in [0.2, 0.25) is 0 Å². The maximum atomic E-state index is 4.67. The summed E-state index contributed by atoms with van der Waals surface area (Å²) in [6.07, 6.45) is 17.4. The monoisotopic (exact) mass is 350 g/mol. The van der Waals surface area contributed by atoms with Gasteiger partial charge in [-0.05, 0) is 55.1 Å². The first-order valence-electron chi connectivity index (χ1n) is 10.7. The van der Waals surface area contributed by atoms with Gasteiger partial charge in [0, 0.05) is 18.0 Å². The SMILES string of the molecule is CCCCC[C@H]1CC[C@H](c2cnc(-c3ccc(CCC)cc3)nc2)CC1. The molecule has 2 heteroatoms. The van der Waals surface area contributed by atoms with E-state index < -0.39 is 0 Å². The Bertz CT molecular complexity index is 637. The van der Waals surface area contributed by atoms with Crippen LogP contribution in [0.3, 0.4) is 0 Å². The molecule has 0 aliphatic heterocycles. The predicted octanol–water partition coefficient (Wildman–Crippen LogP) is 6.95. The van der Waals surface area contributed by atoms with Crippen molar-refractivity contribution in [1.29, 1.82) is 0 Å². The first-order chi connectivity index (χ1) is 12.8. The highest BCUT2D eigenvalue weighted by Gasteiger charge is 2.22. The maximum Gasteiger partial charge on any atom is 0.159 e. The molecule has 0 radical (unpaired) electrons. The Hall–Kier alpha value is -1.70. The maximum absolute atomic E-state index is 4.67. The molecule has 0 N–H and O–H groups in total. The number of hydrogen-bond acceptors (Lipinski definition) is 2. The van der Waals surface area contributed by atoms with Gasteiger partial charge in [0.15, 0.2) is 5.82 Å². The van der Waals surface area contributed by atoms with E-state index in [1.165, 1.54) is 68.9 Å². The molecule has 1 aliphatic carbocycles. The normalized spacial score (nSPS) is 20.2. The van der Waals surface area contributed by atoms with Crippen LogP contribution in [0.4, 0.5) is 0 Å². The summed E-state index contributed by atoms with van der Waals surface area (Å²) in [6, 6.07) is 8.72. The topological polar surface area (TPSA) is 25.8 Å². The van der Waals surface area contributed by atoms with Crippen molar-refractivity contribution in [1.82, 2.24) is 9.97 Å². The van der Waals surface area contributed by atoms with Crippen molar-refractivity contribution < 1.29 is 0 Å². The molecule has 2 aromatic rings. The van der Waals surface area contributed by atoms with E-state index in [9.17, 15) is 0 Å². The van der Waals surface area contributed by atoms with Gasteiger partial charge in [-0.25, -0.2) is 9.97 Å². The van der Waals surface area contributed by atoms with Crippen molar-refractivity contribution in [2.24, 2.45) is 5.92 Å². The van der Waals surface area contributed by atoms with Gasteiger partial charge in [0.05, 0.1) is 0 Å². The van der Waals surface area contributed by atoms with Gasteiger partial charge in [-0.15, -0.1) is 0 Å². The summed E-state index contributed by atoms with van der Waals surface area (Å²) in [5.41, 5.74) is 3.85. The summed E-state index contributed by atoms with van der Waals surface area (Å²) in [7, 11) is 0. The fourth-order valence-electron chi connectivity index (χ4n) is 4.27. The zero-order valence-corrected chi connectivity index (χ0v) is 16.6. The number of benzene rings is 1. The van der Waals surface area contributed by atoms with E-state index in [-0.39, 0.29) is 0 Å². The third-order valence-corrected chi connectivity index (χ3v) is 5.96. The van der Waals surface area contributed by atoms with Crippen LogP contribution < -0.4 is 0 Å². The molecule has 140 valence electrons. The number of aromatic nitrogens is 2. The Morgan fingerprint density at radius 3 is 2.15 bits per heavy atom. The zero-order valence-electron chi connectivity index (χ0n) is 16.6. The molecule has 0 spiro atoms. The Morgan fingerprint density at radius 1 is 0.846 bits per heavy atom. The minimum Gasteiger partial charge on any atom is -0.236 e. The first kappa shape index (κ1) is 19.1. The quantitative estimate of drug-likeness (QED) is 0.481. The molecule has 1 aromatic carbocycles. The molecule has 1 aromatic heterocycles. The molecular formula is C24H34N2. The van der Waals surface area contributed by atoms with Gasteiger partial charge in [0.1, 0.15) is 0 Å². The molecule has 3 rings (SSSR count). The Kier molecular flexibility index (Phi) is 7.22. The minimum atomic E-state index is 0.665. The van der Waals surface area contributed by atoms with E-state index in [2.05, 4.69) is 60.5 Å². The van der Waals surface area contributed by atoms with E-state index in [4.69, 9.17) is 0 Å². The second-order valence-electron chi connectivity index (χ2n) is 8.00. The predicted molar refractivity (Wildman–Crippen MR) is 110 cm³/mol. The lowest BCUT2D eigenvalue weighted by molar-refractivity contribution is 0.302. The molecule has 26 heavy (non-hydrogen) atoms. The Balaban J connectivity index is 1.55. The van der Waals surface area contributed by atoms with E-state index in [1.54, 1.807) is 0 Å². The fraction of sp³-hybridized carbons (Fsp3) is 0.583. The van der Waals surface area contributed by atoms with Gasteiger partial charge in [0.2, 0.25) is 0 Å². The average molecular weight is 351 g/mol. The van der Waals surface area contributed by atoms with Crippen LogP contribution in [-0.2, 0) is 6.42 Å². The van der Waals surface area contributed by atoms with E-state index in [1.807, 2.05) is 0 Å². The second kappa shape index (κ2) is 9.85. The third kappa shape index (κ3) is 5.16. The van der Waals surface area contributed by atoms with Crippen molar-refractivity contribution in [2.75, 3.05) is 0 Å². The number of aryl methyl sites for hydroxylation is 1. The number of unbranched alkanes of at least 4 members (excludes halogenated alkanes) is 2. The average Bonchev–Trinajstić information content (AvgIpc) is 2.70. The van der Waals surface area contributed by atoms with Crippen LogP contribution >= 0.6 is 0 Å². The smallest absolute Gasteiger partial charge is 0.159 e. The van der Waals surface area contributed by atoms with Crippen molar-refractivity contribution in [3.63, 3.8) is 0 Å². The summed E-state index contributed by atoms with van der Waals surface area (Å²) in [6.45, 7) is 4.51. The van der Waals surface area contributed by atoms with Gasteiger partial charge < -0.3 is 0 Å². The van der Waals surface area contributed by atoms with Crippen molar-refractivity contribution >= 4 is 0 Å². The van der Waals surface area contributed by atoms with Gasteiger partial charge in [-0.3, -0.25) is 0 Å². The summed E-state index contributed by atoms with van der Waals surface area (Å²) in [5, 5.41) is 0. The minimum absolute atomic E-state index is 0.665. The number of nitrogens with zero attached hydrogens (tertiary/aromatic N) is 2. The van der Waals surface area contributed by atoms with E-state index in [0.717, 1.165) is 23.7 Å². The molecule has 1 saturated carbocycles. The van der Waals surface area contributed by atoms with Gasteiger partial charge in [0.25, 0.3) is 0 Å². The molecule has 1 aliphatic rings. The molecule has 0 saturated heterocycles. The molecule has 0 unspecified atom stereocenters. The third-order valence-electron chi connectivity index (χ3n) is 5.96. The van der Waals surface area contributed by atoms with Crippen molar-refractivity contribution in [3.8, 4) is 11.4 Å². The highest BCUT2D eigenvalue weighted by molar-refractivity contribution is 5.55. The number of hydrogen-bond donors (Lipinski definition) is 0. The Labute approximate surface area is 159 Å². The molecule has 2 nitrogen and oxygen atoms in total. The standard InChI is InChI=1S/C24H34N2/c1-3-5-6-8-20-9-13-21(14-10-20)23-17-25-24(26-18-23)22-15-11-19(7-4-2)12-16-22/h11-12,15-18,20-21H,3-10,13-14H2,1-2H3/t20-,21-. The first-order valence-corrected chi connectivity index (χ1v) is 10.7. The van der Waals surface area contributed by atoms with Crippen LogP contribution in [0, 0.1) is 5.92 Å². The molecular weight excluding hydrogens is 316 g/mol. The van der Waals surface area contributed by atoms with Crippen molar-refractivity contribution in [2.45, 2.75) is 84.0 Å². The lowest BCUT2D eigenvalue weighted by Gasteiger charge is -2.28. The largest absolute Gasteiger partial charge is 0.236 e. The van der Waals surface area contributed by atoms with Crippen LogP contribution in [0.15, 0.2) is 36.7 Å². The van der Waals surface area contributed by atoms with Crippen LogP contribution in [-0.4, -0.2) is 9.97 Å². The van der Waals surface area contributed by atoms with Gasteiger partial charge in [-0.1, -0.05) is 70.2 Å². The summed E-state index contributed by atoms with van der Waals surface area (Å²) < 4.78 is 0. The molecule has 0 amide bonds. The van der Waals surface area contributed by atoms with Crippen molar-refractivity contribution in [3.05, 3.63) is 47.8 Å². The fourth-order valence-corrected chi connectivity index (χ4v) is 4.27. The lowest BCUT2D eigenvalue weighted by atomic mass is 9.77. The van der Waals surface area contributed by atoms with Gasteiger partial charge in [-0.2, -0.15) is 0 Å². The second-order valence-corrected chi connectivity index (χ2v) is 8.00. The van der Waals surface area contributed by atoms with E-state index >= 15 is 0 Å².